The second kappa shape index (κ2) is 12.7. The lowest BCUT2D eigenvalue weighted by Gasteiger charge is -2.25. The summed E-state index contributed by atoms with van der Waals surface area (Å²) in [5, 5.41) is 0. The van der Waals surface area contributed by atoms with Crippen LogP contribution in [0.2, 0.25) is 12.1 Å². The summed E-state index contributed by atoms with van der Waals surface area (Å²) in [6, 6.07) is 1.33. The molecular formula is C15H33NO7Si2. The fraction of sp³-hybridized carbons (Fsp3) is 0.800. The summed E-state index contributed by atoms with van der Waals surface area (Å²) in [5.74, 6) is -0.447. The molecule has 0 saturated heterocycles. The van der Waals surface area contributed by atoms with Crippen LogP contribution in [0.25, 0.3) is 0 Å². The van der Waals surface area contributed by atoms with E-state index in [4.69, 9.17) is 32.3 Å². The van der Waals surface area contributed by atoms with Crippen LogP contribution in [0.1, 0.15) is 25.7 Å². The van der Waals surface area contributed by atoms with Gasteiger partial charge in [0.1, 0.15) is 0 Å². The van der Waals surface area contributed by atoms with E-state index in [1.807, 2.05) is 0 Å². The molecule has 0 aliphatic rings. The minimum absolute atomic E-state index is 0.447. The molecule has 0 atom stereocenters. The summed E-state index contributed by atoms with van der Waals surface area (Å²) in [6.07, 6.45) is 4.49. The minimum atomic E-state index is -2.60. The van der Waals surface area contributed by atoms with Gasteiger partial charge in [-0.05, 0) is 25.7 Å². The van der Waals surface area contributed by atoms with Crippen molar-refractivity contribution in [3.05, 3.63) is 11.6 Å². The van der Waals surface area contributed by atoms with Crippen LogP contribution < -0.4 is 5.73 Å². The molecule has 0 aromatic heterocycles. The average molecular weight is 396 g/mol. The quantitative estimate of drug-likeness (QED) is 0.333. The van der Waals surface area contributed by atoms with Crippen molar-refractivity contribution in [2.75, 3.05) is 42.7 Å². The van der Waals surface area contributed by atoms with Gasteiger partial charge in [0, 0.05) is 60.8 Å². The molecule has 0 aliphatic carbocycles. The normalized spacial score (nSPS) is 12.2. The molecular weight excluding hydrogens is 362 g/mol. The molecule has 0 aliphatic heterocycles. The molecule has 0 aromatic rings. The molecule has 0 rings (SSSR count). The predicted octanol–water partition coefficient (Wildman–Crippen LogP) is 1.71. The average Bonchev–Trinajstić information content (AvgIpc) is 2.62. The Bertz CT molecular complexity index is 368. The zero-order valence-corrected chi connectivity index (χ0v) is 18.3. The molecule has 25 heavy (non-hydrogen) atoms. The summed E-state index contributed by atoms with van der Waals surface area (Å²) in [5.41, 5.74) is 6.30. The summed E-state index contributed by atoms with van der Waals surface area (Å²) >= 11 is 0. The zero-order valence-electron chi connectivity index (χ0n) is 16.3. The first-order valence-electron chi connectivity index (χ1n) is 8.16. The molecule has 1 amide bonds. The molecule has 0 radical (unpaired) electrons. The van der Waals surface area contributed by atoms with E-state index in [2.05, 4.69) is 0 Å². The Morgan fingerprint density at radius 3 is 1.32 bits per heavy atom. The molecule has 0 saturated carbocycles. The molecule has 0 spiro atoms. The summed E-state index contributed by atoms with van der Waals surface area (Å²) < 4.78 is 32.4. The number of hydrogen-bond acceptors (Lipinski definition) is 7. The van der Waals surface area contributed by atoms with Crippen LogP contribution in [0.3, 0.4) is 0 Å². The molecule has 0 bridgehead atoms. The van der Waals surface area contributed by atoms with E-state index in [0.29, 0.717) is 12.1 Å². The van der Waals surface area contributed by atoms with Crippen LogP contribution in [0.4, 0.5) is 0 Å². The van der Waals surface area contributed by atoms with E-state index in [1.54, 1.807) is 42.7 Å². The van der Waals surface area contributed by atoms with Gasteiger partial charge >= 0.3 is 17.6 Å². The minimum Gasteiger partial charge on any atom is -0.377 e. The van der Waals surface area contributed by atoms with E-state index in [9.17, 15) is 4.79 Å². The lowest BCUT2D eigenvalue weighted by Crippen LogP contribution is -2.42. The van der Waals surface area contributed by atoms with Crippen LogP contribution in [0, 0.1) is 0 Å². The van der Waals surface area contributed by atoms with Gasteiger partial charge in [0.05, 0.1) is 0 Å². The lowest BCUT2D eigenvalue weighted by molar-refractivity contribution is -0.113. The van der Waals surface area contributed by atoms with Gasteiger partial charge in [0.25, 0.3) is 0 Å². The van der Waals surface area contributed by atoms with Gasteiger partial charge in [0.15, 0.2) is 0 Å². The molecule has 8 nitrogen and oxygen atoms in total. The number of carbonyl (C=O) groups excluding carboxylic acids is 1. The maximum absolute atomic E-state index is 11.3. The Labute approximate surface area is 153 Å². The third-order valence-corrected chi connectivity index (χ3v) is 9.84. The highest BCUT2D eigenvalue weighted by Crippen LogP contribution is 2.23. The monoisotopic (exact) mass is 395 g/mol. The number of hydrogen-bond donors (Lipinski definition) is 1. The maximum atomic E-state index is 11.3. The summed E-state index contributed by atoms with van der Waals surface area (Å²) in [7, 11) is 4.32. The van der Waals surface area contributed by atoms with Crippen molar-refractivity contribution in [2.24, 2.45) is 5.73 Å². The number of nitrogens with two attached hydrogens (primary N) is 1. The highest BCUT2D eigenvalue weighted by atomic mass is 28.4. The van der Waals surface area contributed by atoms with Gasteiger partial charge in [-0.1, -0.05) is 5.57 Å². The van der Waals surface area contributed by atoms with Gasteiger partial charge < -0.3 is 32.3 Å². The van der Waals surface area contributed by atoms with Crippen LogP contribution in [0.5, 0.6) is 0 Å². The van der Waals surface area contributed by atoms with E-state index in [-0.39, 0.29) is 0 Å². The number of rotatable bonds is 15. The number of carbonyl (C=O) groups is 1. The van der Waals surface area contributed by atoms with Crippen molar-refractivity contribution in [3.63, 3.8) is 0 Å². The van der Waals surface area contributed by atoms with Crippen molar-refractivity contribution >= 4 is 23.5 Å². The Morgan fingerprint density at radius 2 is 1.08 bits per heavy atom. The van der Waals surface area contributed by atoms with Crippen molar-refractivity contribution in [3.8, 4) is 0 Å². The fourth-order valence-electron chi connectivity index (χ4n) is 2.65. The van der Waals surface area contributed by atoms with Gasteiger partial charge in [-0.25, -0.2) is 0 Å². The molecule has 2 N–H and O–H groups in total. The first kappa shape index (κ1) is 24.4. The molecule has 0 heterocycles. The molecule has 148 valence electrons. The van der Waals surface area contributed by atoms with Crippen LogP contribution >= 0.6 is 0 Å². The van der Waals surface area contributed by atoms with Gasteiger partial charge in [-0.3, -0.25) is 4.79 Å². The first-order valence-corrected chi connectivity index (χ1v) is 12.0. The van der Waals surface area contributed by atoms with Crippen LogP contribution in [-0.4, -0.2) is 66.2 Å². The van der Waals surface area contributed by atoms with E-state index < -0.39 is 23.5 Å². The van der Waals surface area contributed by atoms with Crippen molar-refractivity contribution in [1.82, 2.24) is 0 Å². The Hall–Kier alpha value is -0.596. The second-order valence-electron chi connectivity index (χ2n) is 5.50. The molecule has 10 heteroatoms. The van der Waals surface area contributed by atoms with Gasteiger partial charge in [-0.15, -0.1) is 0 Å². The Morgan fingerprint density at radius 1 is 0.760 bits per heavy atom. The highest BCUT2D eigenvalue weighted by molar-refractivity contribution is 6.60. The smallest absolute Gasteiger partial charge is 0.377 e. The summed E-state index contributed by atoms with van der Waals surface area (Å²) in [6.45, 7) is 0. The number of amides is 1. The first-order chi connectivity index (χ1) is 11.9. The molecule has 0 aromatic carbocycles. The van der Waals surface area contributed by atoms with E-state index in [1.165, 1.54) is 6.08 Å². The van der Waals surface area contributed by atoms with Crippen LogP contribution in [-0.2, 0) is 31.4 Å². The third kappa shape index (κ3) is 8.55. The van der Waals surface area contributed by atoms with E-state index >= 15 is 0 Å². The van der Waals surface area contributed by atoms with E-state index in [0.717, 1.165) is 31.3 Å². The topological polar surface area (TPSA) is 98.5 Å². The Balaban J connectivity index is 4.66. The molecule has 0 fully saturated rings. The maximum Gasteiger partial charge on any atom is 0.500 e. The standard InChI is InChI=1S/C15H33NO7Si2/c1-18-24(19-2,20-3)11-7-9-14(13-15(16)17)10-8-12-25(21-4,22-5)23-6/h13H,7-12H2,1-6H3,(H2,16,17). The SMILES string of the molecule is CO[Si](CCCC(=CC(N)=O)CCC[Si](OC)(OC)OC)(OC)OC. The third-order valence-electron chi connectivity index (χ3n) is 4.17. The Kier molecular flexibility index (Phi) is 12.4. The predicted molar refractivity (Wildman–Crippen MR) is 98.9 cm³/mol. The number of allylic oxidation sites excluding steroid dienone is 1. The van der Waals surface area contributed by atoms with Crippen molar-refractivity contribution in [2.45, 2.75) is 37.8 Å². The fourth-order valence-corrected chi connectivity index (χ4v) is 6.09. The number of primary amides is 1. The zero-order chi connectivity index (χ0) is 19.3. The highest BCUT2D eigenvalue weighted by Gasteiger charge is 2.38. The van der Waals surface area contributed by atoms with Crippen LogP contribution in [0.15, 0.2) is 11.6 Å². The van der Waals surface area contributed by atoms with Gasteiger partial charge in [0.2, 0.25) is 5.91 Å². The second-order valence-corrected chi connectivity index (χ2v) is 11.7. The largest absolute Gasteiger partial charge is 0.500 e. The van der Waals surface area contributed by atoms with Crippen molar-refractivity contribution < 1.29 is 31.4 Å². The van der Waals surface area contributed by atoms with Gasteiger partial charge in [-0.2, -0.15) is 0 Å². The molecule has 0 unspecified atom stereocenters. The van der Waals surface area contributed by atoms with Crippen molar-refractivity contribution in [1.29, 1.82) is 0 Å². The summed E-state index contributed by atoms with van der Waals surface area (Å²) in [4.78, 5) is 11.3. The lowest BCUT2D eigenvalue weighted by atomic mass is 10.1.